The first-order valence-electron chi connectivity index (χ1n) is 4.67. The fourth-order valence-corrected chi connectivity index (χ4v) is 1.82. The second-order valence-corrected chi connectivity index (χ2v) is 4.56. The average molecular weight is 226 g/mol. The summed E-state index contributed by atoms with van der Waals surface area (Å²) in [5.74, 6) is 0. The summed E-state index contributed by atoms with van der Waals surface area (Å²) < 4.78 is 0. The molecule has 1 rings (SSSR count). The van der Waals surface area contributed by atoms with Gasteiger partial charge in [0.15, 0.2) is 0 Å². The van der Waals surface area contributed by atoms with Crippen LogP contribution < -0.4 is 5.32 Å². The largest absolute Gasteiger partial charge is 0.324 e. The van der Waals surface area contributed by atoms with E-state index in [1.165, 1.54) is 16.9 Å². The fraction of sp³-hybridized carbons (Fsp3) is 0.400. The second kappa shape index (κ2) is 5.63. The molecule has 1 N–H and O–H groups in total. The van der Waals surface area contributed by atoms with Crippen molar-refractivity contribution in [2.24, 2.45) is 0 Å². The van der Waals surface area contributed by atoms with Crippen LogP contribution in [0.3, 0.4) is 0 Å². The third-order valence-corrected chi connectivity index (χ3v) is 2.82. The SMILES string of the molecule is CC(C)=CCNCc1ccc([N+](=O)[O-])s1. The molecule has 0 saturated carbocycles. The Kier molecular flexibility index (Phi) is 4.45. The van der Waals surface area contributed by atoms with E-state index in [1.807, 2.05) is 13.8 Å². The smallest absolute Gasteiger partial charge is 0.308 e. The van der Waals surface area contributed by atoms with Crippen molar-refractivity contribution in [3.8, 4) is 0 Å². The van der Waals surface area contributed by atoms with Crippen molar-refractivity contribution in [1.82, 2.24) is 5.32 Å². The van der Waals surface area contributed by atoms with Gasteiger partial charge in [-0.1, -0.05) is 23.0 Å². The molecule has 1 aromatic heterocycles. The molecule has 15 heavy (non-hydrogen) atoms. The number of nitro groups is 1. The lowest BCUT2D eigenvalue weighted by Gasteiger charge is -1.97. The van der Waals surface area contributed by atoms with Gasteiger partial charge in [0, 0.05) is 24.0 Å². The Morgan fingerprint density at radius 1 is 1.60 bits per heavy atom. The van der Waals surface area contributed by atoms with E-state index >= 15 is 0 Å². The van der Waals surface area contributed by atoms with Crippen LogP contribution in [0.4, 0.5) is 5.00 Å². The van der Waals surface area contributed by atoms with Crippen LogP contribution in [0, 0.1) is 10.1 Å². The topological polar surface area (TPSA) is 55.2 Å². The quantitative estimate of drug-likeness (QED) is 0.363. The van der Waals surface area contributed by atoms with E-state index < -0.39 is 0 Å². The lowest BCUT2D eigenvalue weighted by Crippen LogP contribution is -2.11. The molecule has 0 bridgehead atoms. The zero-order valence-corrected chi connectivity index (χ0v) is 9.63. The van der Waals surface area contributed by atoms with Crippen LogP contribution in [0.1, 0.15) is 18.7 Å². The minimum absolute atomic E-state index is 0.203. The van der Waals surface area contributed by atoms with Crippen LogP contribution in [0.25, 0.3) is 0 Å². The van der Waals surface area contributed by atoms with Crippen molar-refractivity contribution in [1.29, 1.82) is 0 Å². The average Bonchev–Trinajstić information content (AvgIpc) is 2.60. The van der Waals surface area contributed by atoms with E-state index in [0.29, 0.717) is 6.54 Å². The predicted octanol–water partition coefficient (Wildman–Crippen LogP) is 2.71. The van der Waals surface area contributed by atoms with Gasteiger partial charge in [0.2, 0.25) is 0 Å². The zero-order valence-electron chi connectivity index (χ0n) is 8.82. The van der Waals surface area contributed by atoms with E-state index in [9.17, 15) is 10.1 Å². The highest BCUT2D eigenvalue weighted by Crippen LogP contribution is 2.23. The fourth-order valence-electron chi connectivity index (χ4n) is 1.03. The van der Waals surface area contributed by atoms with Gasteiger partial charge in [0.25, 0.3) is 0 Å². The minimum Gasteiger partial charge on any atom is -0.308 e. The normalized spacial score (nSPS) is 10.0. The summed E-state index contributed by atoms with van der Waals surface area (Å²) in [6.45, 7) is 5.56. The van der Waals surface area contributed by atoms with Gasteiger partial charge in [-0.3, -0.25) is 10.1 Å². The van der Waals surface area contributed by atoms with Crippen molar-refractivity contribution in [2.45, 2.75) is 20.4 Å². The molecule has 1 aromatic rings. The Morgan fingerprint density at radius 2 is 2.33 bits per heavy atom. The summed E-state index contributed by atoms with van der Waals surface area (Å²) in [5.41, 5.74) is 1.26. The monoisotopic (exact) mass is 226 g/mol. The molecular formula is C10H14N2O2S. The molecule has 0 fully saturated rings. The summed E-state index contributed by atoms with van der Waals surface area (Å²) in [6, 6.07) is 3.33. The van der Waals surface area contributed by atoms with Crippen LogP contribution >= 0.6 is 11.3 Å². The lowest BCUT2D eigenvalue weighted by atomic mass is 10.3. The molecule has 0 aliphatic heterocycles. The standard InChI is InChI=1S/C10H14N2O2S/c1-8(2)5-6-11-7-9-3-4-10(15-9)12(13)14/h3-5,11H,6-7H2,1-2H3. The number of hydrogen-bond donors (Lipinski definition) is 1. The van der Waals surface area contributed by atoms with Gasteiger partial charge in [-0.05, 0) is 19.9 Å². The number of nitrogens with one attached hydrogen (secondary N) is 1. The maximum atomic E-state index is 10.4. The van der Waals surface area contributed by atoms with Gasteiger partial charge in [-0.2, -0.15) is 0 Å². The van der Waals surface area contributed by atoms with Crippen molar-refractivity contribution >= 4 is 16.3 Å². The summed E-state index contributed by atoms with van der Waals surface area (Å²) in [6.07, 6.45) is 2.09. The van der Waals surface area contributed by atoms with E-state index in [1.54, 1.807) is 12.1 Å². The van der Waals surface area contributed by atoms with Crippen LogP contribution in [0.5, 0.6) is 0 Å². The van der Waals surface area contributed by atoms with E-state index in [-0.39, 0.29) is 9.92 Å². The van der Waals surface area contributed by atoms with Gasteiger partial charge in [-0.15, -0.1) is 0 Å². The Labute approximate surface area is 92.8 Å². The first kappa shape index (κ1) is 11.9. The first-order chi connectivity index (χ1) is 7.09. The van der Waals surface area contributed by atoms with Crippen LogP contribution in [0.2, 0.25) is 0 Å². The van der Waals surface area contributed by atoms with Gasteiger partial charge < -0.3 is 5.32 Å². The minimum atomic E-state index is -0.357. The molecule has 4 nitrogen and oxygen atoms in total. The number of nitrogens with zero attached hydrogens (tertiary/aromatic N) is 1. The molecule has 0 aliphatic carbocycles. The molecule has 0 saturated heterocycles. The molecule has 0 unspecified atom stereocenters. The molecule has 0 aliphatic rings. The summed E-state index contributed by atoms with van der Waals surface area (Å²) in [7, 11) is 0. The summed E-state index contributed by atoms with van der Waals surface area (Å²) in [4.78, 5) is 11.1. The molecule has 0 amide bonds. The molecule has 0 aromatic carbocycles. The number of thiophene rings is 1. The molecule has 5 heteroatoms. The van der Waals surface area contributed by atoms with Crippen LogP contribution in [-0.4, -0.2) is 11.5 Å². The van der Waals surface area contributed by atoms with E-state index in [0.717, 1.165) is 11.4 Å². The van der Waals surface area contributed by atoms with Gasteiger partial charge in [0.05, 0.1) is 4.92 Å². The van der Waals surface area contributed by atoms with Crippen molar-refractivity contribution in [3.63, 3.8) is 0 Å². The number of hydrogen-bond acceptors (Lipinski definition) is 4. The molecule has 0 atom stereocenters. The third-order valence-electron chi connectivity index (χ3n) is 1.78. The number of allylic oxidation sites excluding steroid dienone is 1. The van der Waals surface area contributed by atoms with E-state index in [2.05, 4.69) is 11.4 Å². The van der Waals surface area contributed by atoms with Gasteiger partial charge in [-0.25, -0.2) is 0 Å². The highest BCUT2D eigenvalue weighted by atomic mass is 32.1. The molecule has 0 radical (unpaired) electrons. The zero-order chi connectivity index (χ0) is 11.3. The summed E-state index contributed by atoms with van der Waals surface area (Å²) >= 11 is 1.22. The Morgan fingerprint density at radius 3 is 2.87 bits per heavy atom. The van der Waals surface area contributed by atoms with Crippen LogP contribution in [-0.2, 0) is 6.54 Å². The summed E-state index contributed by atoms with van der Waals surface area (Å²) in [5, 5.41) is 13.8. The highest BCUT2D eigenvalue weighted by molar-refractivity contribution is 7.15. The first-order valence-corrected chi connectivity index (χ1v) is 5.48. The van der Waals surface area contributed by atoms with Crippen molar-refractivity contribution in [2.75, 3.05) is 6.54 Å². The second-order valence-electron chi connectivity index (χ2n) is 3.41. The van der Waals surface area contributed by atoms with Crippen LogP contribution in [0.15, 0.2) is 23.8 Å². The Bertz CT molecular complexity index is 367. The van der Waals surface area contributed by atoms with Gasteiger partial charge >= 0.3 is 5.00 Å². The van der Waals surface area contributed by atoms with Gasteiger partial charge in [0.1, 0.15) is 0 Å². The molecule has 1 heterocycles. The lowest BCUT2D eigenvalue weighted by molar-refractivity contribution is -0.380. The number of rotatable bonds is 5. The molecule has 82 valence electrons. The maximum absolute atomic E-state index is 10.4. The van der Waals surface area contributed by atoms with Crippen molar-refractivity contribution in [3.05, 3.63) is 38.8 Å². The Balaban J connectivity index is 2.38. The Hall–Kier alpha value is -1.20. The van der Waals surface area contributed by atoms with Crippen molar-refractivity contribution < 1.29 is 4.92 Å². The predicted molar refractivity (Wildman–Crippen MR) is 62.1 cm³/mol. The van der Waals surface area contributed by atoms with E-state index in [4.69, 9.17) is 0 Å². The molecule has 0 spiro atoms. The molecular weight excluding hydrogens is 212 g/mol. The highest BCUT2D eigenvalue weighted by Gasteiger charge is 2.08. The third kappa shape index (κ3) is 4.22. The maximum Gasteiger partial charge on any atom is 0.324 e.